The number of nitrogens with zero attached hydrogens (tertiary/aromatic N) is 6. The highest BCUT2D eigenvalue weighted by molar-refractivity contribution is 6.32. The SMILES string of the molecule is COC1CCC(Nc2cc[n+]3c(n2)c(-c2cccc(Cl)c2)cn3-c2ccc(-c3cnn4ccc(NC5CCC(C)(O)CC5)nc34)cc2Cl)CC1. The second-order valence-electron chi connectivity index (χ2n) is 14.0. The fraction of sp³-hybridized carbons (Fsp3) is 0.368. The van der Waals surface area contributed by atoms with E-state index in [2.05, 4.69) is 21.9 Å². The Bertz CT molecular complexity index is 2160. The molecule has 12 heteroatoms. The van der Waals surface area contributed by atoms with Gasteiger partial charge in [0.2, 0.25) is 5.82 Å². The summed E-state index contributed by atoms with van der Waals surface area (Å²) in [6, 6.07) is 18.4. The van der Waals surface area contributed by atoms with Crippen molar-refractivity contribution in [2.45, 2.75) is 82.1 Å². The van der Waals surface area contributed by atoms with Gasteiger partial charge in [0.15, 0.2) is 5.65 Å². The molecule has 10 nitrogen and oxygen atoms in total. The quantitative estimate of drug-likeness (QED) is 0.139. The van der Waals surface area contributed by atoms with Gasteiger partial charge in [0.25, 0.3) is 0 Å². The molecule has 2 aliphatic carbocycles. The van der Waals surface area contributed by atoms with Gasteiger partial charge >= 0.3 is 5.65 Å². The average Bonchev–Trinajstić information content (AvgIpc) is 3.71. The third-order valence-corrected chi connectivity index (χ3v) is 10.9. The predicted octanol–water partition coefficient (Wildman–Crippen LogP) is 7.77. The van der Waals surface area contributed by atoms with Crippen LogP contribution in [0.15, 0.2) is 79.4 Å². The highest BCUT2D eigenvalue weighted by Gasteiger charge is 2.29. The van der Waals surface area contributed by atoms with E-state index in [4.69, 9.17) is 37.9 Å². The molecule has 0 unspecified atom stereocenters. The summed E-state index contributed by atoms with van der Waals surface area (Å²) in [7, 11) is 1.80. The molecule has 4 heterocycles. The normalized spacial score (nSPS) is 22.6. The molecule has 0 aliphatic heterocycles. The Morgan fingerprint density at radius 2 is 1.62 bits per heavy atom. The standard InChI is InChI=1S/C38H40Cl2N8O2/c1-38(49)16-12-28(13-17-38)43-34-14-18-46-36(44-34)30(22-41-46)25-6-11-33(32(40)21-25)48-23-31(24-4-3-5-26(39)20-24)37-45-35(15-19-47(37)48)42-27-7-9-29(50-2)10-8-27/h3-6,11,14-15,18-23,27-29,49H,7-10,12-13,16-17H2,1-2H3,(H,41,43,44)/p+1. The van der Waals surface area contributed by atoms with Crippen molar-refractivity contribution >= 4 is 46.1 Å². The van der Waals surface area contributed by atoms with Crippen molar-refractivity contribution in [2.24, 2.45) is 0 Å². The Balaban J connectivity index is 1.11. The molecule has 0 spiro atoms. The van der Waals surface area contributed by atoms with E-state index in [0.717, 1.165) is 102 Å². The molecule has 6 aromatic rings. The van der Waals surface area contributed by atoms with E-state index in [1.165, 1.54) is 0 Å². The number of methoxy groups -OCH3 is 1. The van der Waals surface area contributed by atoms with Crippen LogP contribution in [0.1, 0.15) is 58.3 Å². The van der Waals surface area contributed by atoms with Gasteiger partial charge in [0, 0.05) is 42.0 Å². The van der Waals surface area contributed by atoms with E-state index in [-0.39, 0.29) is 6.04 Å². The zero-order valence-corrected chi connectivity index (χ0v) is 29.7. The van der Waals surface area contributed by atoms with Gasteiger partial charge < -0.3 is 20.5 Å². The second-order valence-corrected chi connectivity index (χ2v) is 14.8. The number of rotatable bonds is 8. The lowest BCUT2D eigenvalue weighted by atomic mass is 9.84. The number of aromatic nitrogens is 6. The minimum absolute atomic E-state index is 0.272. The molecule has 2 aromatic carbocycles. The van der Waals surface area contributed by atoms with E-state index in [9.17, 15) is 5.11 Å². The van der Waals surface area contributed by atoms with E-state index >= 15 is 0 Å². The monoisotopic (exact) mass is 711 g/mol. The summed E-state index contributed by atoms with van der Waals surface area (Å²) < 4.78 is 11.4. The van der Waals surface area contributed by atoms with Gasteiger partial charge in [-0.1, -0.05) is 41.4 Å². The van der Waals surface area contributed by atoms with Crippen molar-refractivity contribution in [3.8, 4) is 27.9 Å². The first-order chi connectivity index (χ1) is 24.2. The first kappa shape index (κ1) is 33.0. The lowest BCUT2D eigenvalue weighted by Gasteiger charge is -2.33. The molecule has 8 rings (SSSR count). The van der Waals surface area contributed by atoms with Crippen molar-refractivity contribution in [3.63, 3.8) is 0 Å². The number of anilines is 2. The number of benzene rings is 2. The van der Waals surface area contributed by atoms with Crippen LogP contribution in [0.4, 0.5) is 11.6 Å². The number of hydrogen-bond acceptors (Lipinski definition) is 7. The molecule has 0 bridgehead atoms. The molecule has 50 heavy (non-hydrogen) atoms. The van der Waals surface area contributed by atoms with Crippen LogP contribution in [-0.4, -0.2) is 60.3 Å². The van der Waals surface area contributed by atoms with Gasteiger partial charge in [-0.05, 0) is 105 Å². The third kappa shape index (κ3) is 6.65. The average molecular weight is 713 g/mol. The van der Waals surface area contributed by atoms with Crippen LogP contribution in [-0.2, 0) is 4.74 Å². The smallest absolute Gasteiger partial charge is 0.358 e. The van der Waals surface area contributed by atoms with Gasteiger partial charge in [-0.25, -0.2) is 9.50 Å². The van der Waals surface area contributed by atoms with Crippen molar-refractivity contribution in [1.82, 2.24) is 24.3 Å². The fourth-order valence-corrected chi connectivity index (χ4v) is 7.86. The summed E-state index contributed by atoms with van der Waals surface area (Å²) in [4.78, 5) is 10.1. The van der Waals surface area contributed by atoms with Crippen LogP contribution in [0.2, 0.25) is 10.0 Å². The zero-order chi connectivity index (χ0) is 34.4. The maximum atomic E-state index is 10.4. The van der Waals surface area contributed by atoms with Crippen LogP contribution in [0.25, 0.3) is 39.2 Å². The van der Waals surface area contributed by atoms with Gasteiger partial charge in [-0.3, -0.25) is 0 Å². The minimum atomic E-state index is -0.581. The van der Waals surface area contributed by atoms with Gasteiger partial charge in [0.05, 0.1) is 34.7 Å². The number of fused-ring (bicyclic) bond motifs is 2. The molecular formula is C38H41Cl2N8O2+. The molecule has 2 saturated carbocycles. The first-order valence-electron chi connectivity index (χ1n) is 17.4. The molecule has 258 valence electrons. The third-order valence-electron chi connectivity index (χ3n) is 10.3. The highest BCUT2D eigenvalue weighted by atomic mass is 35.5. The Labute approximate surface area is 301 Å². The van der Waals surface area contributed by atoms with Crippen LogP contribution >= 0.6 is 23.2 Å². The number of aliphatic hydroxyl groups is 1. The molecule has 4 aromatic heterocycles. The summed E-state index contributed by atoms with van der Waals surface area (Å²) in [6.45, 7) is 1.92. The Morgan fingerprint density at radius 3 is 2.36 bits per heavy atom. The van der Waals surface area contributed by atoms with Crippen molar-refractivity contribution in [3.05, 3.63) is 89.4 Å². The lowest BCUT2D eigenvalue weighted by Crippen LogP contribution is -2.35. The van der Waals surface area contributed by atoms with Gasteiger partial charge in [-0.15, -0.1) is 4.52 Å². The summed E-state index contributed by atoms with van der Waals surface area (Å²) in [5.41, 5.74) is 5.45. The van der Waals surface area contributed by atoms with Gasteiger partial charge in [0.1, 0.15) is 17.7 Å². The van der Waals surface area contributed by atoms with Crippen molar-refractivity contribution < 1.29 is 14.4 Å². The van der Waals surface area contributed by atoms with Crippen molar-refractivity contribution in [1.29, 1.82) is 0 Å². The summed E-state index contributed by atoms with van der Waals surface area (Å²) in [5, 5.41) is 23.4. The zero-order valence-electron chi connectivity index (χ0n) is 28.2. The number of ether oxygens (including phenoxy) is 1. The van der Waals surface area contributed by atoms with Crippen LogP contribution < -0.4 is 15.1 Å². The molecule has 2 fully saturated rings. The molecule has 2 aliphatic rings. The fourth-order valence-electron chi connectivity index (χ4n) is 7.40. The molecule has 3 N–H and O–H groups in total. The maximum absolute atomic E-state index is 10.4. The number of nitrogens with one attached hydrogen (secondary N) is 2. The van der Waals surface area contributed by atoms with E-state index < -0.39 is 5.60 Å². The number of halogens is 2. The second kappa shape index (κ2) is 13.5. The summed E-state index contributed by atoms with van der Waals surface area (Å²) >= 11 is 13.6. The van der Waals surface area contributed by atoms with E-state index in [0.29, 0.717) is 22.2 Å². The molecule has 0 saturated heterocycles. The topological polar surface area (TPSA) is 106 Å². The van der Waals surface area contributed by atoms with Gasteiger partial charge in [-0.2, -0.15) is 9.78 Å². The predicted molar refractivity (Wildman–Crippen MR) is 197 cm³/mol. The van der Waals surface area contributed by atoms with Crippen LogP contribution in [0.3, 0.4) is 0 Å². The Kier molecular flexibility index (Phi) is 8.89. The summed E-state index contributed by atoms with van der Waals surface area (Å²) in [5.74, 6) is 1.62. The largest absolute Gasteiger partial charge is 0.390 e. The van der Waals surface area contributed by atoms with E-state index in [1.54, 1.807) is 11.6 Å². The lowest BCUT2D eigenvalue weighted by molar-refractivity contribution is -0.599. The summed E-state index contributed by atoms with van der Waals surface area (Å²) in [6.07, 6.45) is 15.7. The molecular weight excluding hydrogens is 671 g/mol. The number of hydrogen-bond donors (Lipinski definition) is 3. The van der Waals surface area contributed by atoms with E-state index in [1.807, 2.05) is 89.3 Å². The highest BCUT2D eigenvalue weighted by Crippen LogP contribution is 2.34. The molecule has 0 amide bonds. The van der Waals surface area contributed by atoms with Crippen LogP contribution in [0, 0.1) is 0 Å². The van der Waals surface area contributed by atoms with Crippen molar-refractivity contribution in [2.75, 3.05) is 17.7 Å². The minimum Gasteiger partial charge on any atom is -0.390 e. The molecule has 0 radical (unpaired) electrons. The molecule has 0 atom stereocenters. The van der Waals surface area contributed by atoms with Crippen LogP contribution in [0.5, 0.6) is 0 Å². The Hall–Kier alpha value is -4.22. The Morgan fingerprint density at radius 1 is 0.880 bits per heavy atom. The first-order valence-corrected chi connectivity index (χ1v) is 18.1. The maximum Gasteiger partial charge on any atom is 0.358 e.